The molecule has 9 N–H and O–H groups in total. The standard InChI is InChI=1S/C96H128O8.C11H16O.C7H10N2/c1-25-89(9,10)73-41-57-33-59-43-74(90(11,12)26-2)45-61(82(59)98)35-63-47-76(92(15,16)28-4)49-65(84(63)100)37-67-51-78(94(19,20)30-6)53-69(86(67)102)39-71-55-80(96(23,24)32-8)56-72(88(71)104)40-70-54-79(95(21,22)31-7)52-68(87(70)103)38-66-50-77(93(17,18)29-5)48-64(85(66)101)36-62-46-75(91(13,14)27-3)44-60(83(62)99)34-58(42-73)81(57)97;1-4-11(2,3)9-5-7-10(12)8-6-9;1-9(2)7-3-5-8-6-4-7/h41-56,97-104H,25-40H2,1-24H3;5-8,12H,4H2,1-3H3;3-6H,1-2H3. The second-order valence-electron chi connectivity index (χ2n) is 42.3. The van der Waals surface area contributed by atoms with Gasteiger partial charge in [-0.2, -0.15) is 0 Å². The van der Waals surface area contributed by atoms with E-state index in [0.29, 0.717) is 94.8 Å². The summed E-state index contributed by atoms with van der Waals surface area (Å²) in [6.07, 6.45) is 12.7. The van der Waals surface area contributed by atoms with Crippen LogP contribution in [0.2, 0.25) is 0 Å². The van der Waals surface area contributed by atoms with Gasteiger partial charge < -0.3 is 50.9 Å². The molecule has 0 spiro atoms. The van der Waals surface area contributed by atoms with Crippen LogP contribution in [0.4, 0.5) is 5.69 Å². The van der Waals surface area contributed by atoms with Crippen LogP contribution in [0.3, 0.4) is 0 Å². The molecular formula is C114H154N2O9. The number of hydrogen-bond acceptors (Lipinski definition) is 11. The zero-order valence-electron chi connectivity index (χ0n) is 81.8. The molecule has 10 aromatic rings. The highest BCUT2D eigenvalue weighted by atomic mass is 16.3. The van der Waals surface area contributed by atoms with Gasteiger partial charge in [0.1, 0.15) is 51.7 Å². The van der Waals surface area contributed by atoms with Crippen LogP contribution in [0, 0.1) is 0 Å². The van der Waals surface area contributed by atoms with Crippen LogP contribution in [-0.2, 0) is 100 Å². The molecule has 0 saturated carbocycles. The van der Waals surface area contributed by atoms with Gasteiger partial charge in [0.2, 0.25) is 0 Å². The SMILES string of the molecule is CCC(C)(C)c1cc2c(O)c(c1)Cc1cc(C(C)(C)CC)cc(c1O)Cc1cc(C(C)(C)CC)cc(c1O)Cc1cc(C(C)(C)CC)cc(c1O)Cc1cc(C(C)(C)CC)cc(c1O)Cc1cc(C(C)(C)CC)cc(c1O)Cc1cc(C(C)(C)CC)cc(c1O)Cc1cc(C(C)(C)CC)cc(c1O)C2.CCC(C)(C)c1ccc(O)cc1.CN(C)c1ccncc1. The smallest absolute Gasteiger partial charge is 0.122 e. The maximum absolute atomic E-state index is 13.0. The molecule has 16 bridgehead atoms. The third kappa shape index (κ3) is 22.4. The molecule has 11 rings (SSSR count). The number of benzene rings is 9. The lowest BCUT2D eigenvalue weighted by molar-refractivity contribution is 0.447. The van der Waals surface area contributed by atoms with E-state index in [0.717, 1.165) is 102 Å². The lowest BCUT2D eigenvalue weighted by Gasteiger charge is -2.29. The molecule has 0 atom stereocenters. The Morgan fingerprint density at radius 3 is 0.448 bits per heavy atom. The quantitative estimate of drug-likeness (QED) is 0.0373. The van der Waals surface area contributed by atoms with Crippen molar-refractivity contribution in [2.24, 2.45) is 0 Å². The van der Waals surface area contributed by atoms with Crippen molar-refractivity contribution in [2.45, 2.75) is 345 Å². The van der Waals surface area contributed by atoms with Gasteiger partial charge in [0, 0.05) is 83.5 Å². The maximum Gasteiger partial charge on any atom is 0.122 e. The summed E-state index contributed by atoms with van der Waals surface area (Å²) in [7, 11) is 4.02. The van der Waals surface area contributed by atoms with E-state index in [-0.39, 0.29) is 146 Å². The molecule has 0 fully saturated rings. The van der Waals surface area contributed by atoms with Gasteiger partial charge in [-0.1, -0.05) is 296 Å². The molecule has 0 amide bonds. The minimum Gasteiger partial charge on any atom is -0.508 e. The fourth-order valence-corrected chi connectivity index (χ4v) is 16.4. The monoisotopic (exact) mass is 1700 g/mol. The molecule has 125 heavy (non-hydrogen) atoms. The summed E-state index contributed by atoms with van der Waals surface area (Å²) in [4.78, 5) is 5.94. The summed E-state index contributed by atoms with van der Waals surface area (Å²) in [5.41, 5.74) is 18.6. The van der Waals surface area contributed by atoms with E-state index < -0.39 is 0 Å². The minimum absolute atomic E-state index is 0.0909. The fraction of sp³-hybridized carbons (Fsp3) is 0.482. The molecule has 1 aliphatic rings. The Bertz CT molecular complexity index is 4410. The molecule has 0 saturated heterocycles. The summed E-state index contributed by atoms with van der Waals surface area (Å²) in [5.74, 6) is 1.07. The van der Waals surface area contributed by atoms with Crippen molar-refractivity contribution in [3.63, 3.8) is 0 Å². The third-order valence-corrected chi connectivity index (χ3v) is 30.2. The molecule has 1 aliphatic carbocycles. The first-order valence-electron chi connectivity index (χ1n) is 46.4. The first kappa shape index (κ1) is 98.9. The van der Waals surface area contributed by atoms with E-state index in [1.54, 1.807) is 24.5 Å². The van der Waals surface area contributed by atoms with Crippen LogP contribution in [-0.4, -0.2) is 65.0 Å². The van der Waals surface area contributed by atoms with E-state index >= 15 is 0 Å². The lowest BCUT2D eigenvalue weighted by Crippen LogP contribution is -2.18. The number of pyridine rings is 1. The summed E-state index contributed by atoms with van der Waals surface area (Å²) < 4.78 is 0. The molecule has 1 aromatic heterocycles. The van der Waals surface area contributed by atoms with Crippen LogP contribution in [0.5, 0.6) is 51.7 Å². The number of hydrogen-bond donors (Lipinski definition) is 9. The van der Waals surface area contributed by atoms with Crippen LogP contribution in [0.15, 0.2) is 146 Å². The van der Waals surface area contributed by atoms with E-state index in [1.807, 2.05) is 43.3 Å². The average Bonchev–Trinajstić information content (AvgIpc) is 0.767. The van der Waals surface area contributed by atoms with Crippen LogP contribution in [0.25, 0.3) is 0 Å². The van der Waals surface area contributed by atoms with E-state index in [9.17, 15) is 40.9 Å². The Labute approximate surface area is 752 Å². The summed E-state index contributed by atoms with van der Waals surface area (Å²) in [6, 6.07) is 44.9. The van der Waals surface area contributed by atoms with Gasteiger partial charge in [0.25, 0.3) is 0 Å². The number of phenolic OH excluding ortho intramolecular Hbond substituents is 9. The number of aromatic hydroxyl groups is 9. The Hall–Kier alpha value is -9.87. The molecular weight excluding hydrogens is 1540 g/mol. The van der Waals surface area contributed by atoms with Gasteiger partial charge in [-0.05, 0) is 270 Å². The Balaban J connectivity index is 0.000000734. The first-order chi connectivity index (χ1) is 58.2. The Kier molecular flexibility index (Phi) is 30.7. The highest BCUT2D eigenvalue weighted by molar-refractivity contribution is 5.63. The topological polar surface area (TPSA) is 198 Å². The van der Waals surface area contributed by atoms with Crippen molar-refractivity contribution in [1.82, 2.24) is 4.98 Å². The summed E-state index contributed by atoms with van der Waals surface area (Å²) in [6.45, 7) is 59.4. The molecule has 1 heterocycles. The van der Waals surface area contributed by atoms with Crippen molar-refractivity contribution < 1.29 is 46.0 Å². The largest absolute Gasteiger partial charge is 0.508 e. The van der Waals surface area contributed by atoms with E-state index in [2.05, 4.69) is 289 Å². The average molecular weight is 1700 g/mol. The maximum atomic E-state index is 13.0. The predicted octanol–water partition coefficient (Wildman–Crippen LogP) is 28.1. The van der Waals surface area contributed by atoms with Crippen LogP contribution < -0.4 is 4.90 Å². The Morgan fingerprint density at radius 1 is 0.208 bits per heavy atom. The summed E-state index contributed by atoms with van der Waals surface area (Å²) >= 11 is 0. The molecule has 11 heteroatoms. The second-order valence-corrected chi connectivity index (χ2v) is 42.3. The van der Waals surface area contributed by atoms with Gasteiger partial charge in [-0.25, -0.2) is 0 Å². The zero-order valence-corrected chi connectivity index (χ0v) is 81.8. The number of nitrogens with zero attached hydrogens (tertiary/aromatic N) is 2. The van der Waals surface area contributed by atoms with Crippen molar-refractivity contribution >= 4 is 5.69 Å². The molecule has 674 valence electrons. The van der Waals surface area contributed by atoms with Gasteiger partial charge in [0.05, 0.1) is 0 Å². The van der Waals surface area contributed by atoms with Crippen molar-refractivity contribution in [3.05, 3.63) is 285 Å². The normalized spacial score (nSPS) is 13.5. The Morgan fingerprint density at radius 2 is 0.336 bits per heavy atom. The van der Waals surface area contributed by atoms with E-state index in [1.165, 1.54) is 11.3 Å². The number of phenols is 9. The zero-order chi connectivity index (χ0) is 93.0. The molecule has 0 radical (unpaired) electrons. The van der Waals surface area contributed by atoms with Crippen LogP contribution in [0.1, 0.15) is 384 Å². The number of aromatic nitrogens is 1. The van der Waals surface area contributed by atoms with Gasteiger partial charge in [-0.15, -0.1) is 0 Å². The molecule has 0 unspecified atom stereocenters. The predicted molar refractivity (Wildman–Crippen MR) is 524 cm³/mol. The molecule has 11 nitrogen and oxygen atoms in total. The number of anilines is 1. The first-order valence-corrected chi connectivity index (χ1v) is 46.4. The summed E-state index contributed by atoms with van der Waals surface area (Å²) in [5, 5.41) is 113. The van der Waals surface area contributed by atoms with Gasteiger partial charge in [-0.3, -0.25) is 4.98 Å². The second kappa shape index (κ2) is 38.8. The van der Waals surface area contributed by atoms with Gasteiger partial charge in [0.15, 0.2) is 0 Å². The van der Waals surface area contributed by atoms with E-state index in [4.69, 9.17) is 5.11 Å². The molecule has 9 aromatic carbocycles. The van der Waals surface area contributed by atoms with Crippen LogP contribution >= 0.6 is 0 Å². The van der Waals surface area contributed by atoms with Crippen molar-refractivity contribution in [2.75, 3.05) is 19.0 Å². The lowest BCUT2D eigenvalue weighted by atomic mass is 9.76. The van der Waals surface area contributed by atoms with Crippen molar-refractivity contribution in [1.29, 1.82) is 0 Å². The van der Waals surface area contributed by atoms with Crippen molar-refractivity contribution in [3.8, 4) is 51.7 Å². The van der Waals surface area contributed by atoms with Gasteiger partial charge >= 0.3 is 0 Å². The highest BCUT2D eigenvalue weighted by Gasteiger charge is 2.34. The number of rotatable bonds is 19. The fourth-order valence-electron chi connectivity index (χ4n) is 16.4. The highest BCUT2D eigenvalue weighted by Crippen LogP contribution is 2.49. The minimum atomic E-state index is -0.327. The third-order valence-electron chi connectivity index (χ3n) is 30.2. The molecule has 0 aliphatic heterocycles. The number of fused-ring (bicyclic) bond motifs is 16.